The Balaban J connectivity index is 1.57. The molecule has 2 aromatic heterocycles. The van der Waals surface area contributed by atoms with Crippen molar-refractivity contribution in [3.63, 3.8) is 0 Å². The van der Waals surface area contributed by atoms with Gasteiger partial charge >= 0.3 is 6.01 Å². The average Bonchev–Trinajstić information content (AvgIpc) is 2.57. The number of piperidine rings is 1. The number of ether oxygens (including phenoxy) is 1. The van der Waals surface area contributed by atoms with E-state index in [1.807, 2.05) is 17.0 Å². The Morgan fingerprint density at radius 1 is 1.27 bits per heavy atom. The first-order chi connectivity index (χ1) is 10.8. The van der Waals surface area contributed by atoms with Crippen molar-refractivity contribution in [3.05, 3.63) is 48.5 Å². The third-order valence-electron chi connectivity index (χ3n) is 3.62. The minimum Gasteiger partial charge on any atom is -0.458 e. The molecule has 6 nitrogen and oxygen atoms in total. The highest BCUT2D eigenvalue weighted by atomic mass is 16.5. The molecular weight excluding hydrogens is 280 g/mol. The molecule has 0 radical (unpaired) electrons. The van der Waals surface area contributed by atoms with Gasteiger partial charge in [-0.2, -0.15) is 0 Å². The van der Waals surface area contributed by atoms with Crippen LogP contribution in [0.5, 0.6) is 6.01 Å². The lowest BCUT2D eigenvalue weighted by molar-refractivity contribution is -0.133. The maximum Gasteiger partial charge on any atom is 0.316 e. The zero-order chi connectivity index (χ0) is 15.2. The van der Waals surface area contributed by atoms with Crippen LogP contribution in [0.3, 0.4) is 0 Å². The van der Waals surface area contributed by atoms with Crippen molar-refractivity contribution < 1.29 is 9.53 Å². The normalized spacial score (nSPS) is 18.0. The number of carbonyl (C=O) groups is 1. The monoisotopic (exact) mass is 298 g/mol. The second-order valence-corrected chi connectivity index (χ2v) is 5.29. The molecule has 0 bridgehead atoms. The fourth-order valence-corrected chi connectivity index (χ4v) is 2.55. The van der Waals surface area contributed by atoms with Crippen LogP contribution in [-0.2, 0) is 11.2 Å². The molecule has 3 rings (SSSR count). The highest BCUT2D eigenvalue weighted by Gasteiger charge is 2.25. The molecule has 1 aliphatic heterocycles. The lowest BCUT2D eigenvalue weighted by atomic mass is 10.1. The van der Waals surface area contributed by atoms with Gasteiger partial charge in [0.1, 0.15) is 6.10 Å². The molecule has 1 saturated heterocycles. The van der Waals surface area contributed by atoms with E-state index in [0.717, 1.165) is 24.9 Å². The van der Waals surface area contributed by atoms with Crippen molar-refractivity contribution in [2.45, 2.75) is 25.4 Å². The summed E-state index contributed by atoms with van der Waals surface area (Å²) in [5.41, 5.74) is 0.932. The summed E-state index contributed by atoms with van der Waals surface area (Å²) in [7, 11) is 0. The average molecular weight is 298 g/mol. The van der Waals surface area contributed by atoms with Crippen LogP contribution in [-0.4, -0.2) is 45.0 Å². The van der Waals surface area contributed by atoms with Crippen LogP contribution in [0.1, 0.15) is 18.4 Å². The van der Waals surface area contributed by atoms with E-state index >= 15 is 0 Å². The molecule has 0 aliphatic carbocycles. The number of hydrogen-bond acceptors (Lipinski definition) is 5. The van der Waals surface area contributed by atoms with Crippen molar-refractivity contribution in [1.82, 2.24) is 19.9 Å². The Hall–Kier alpha value is -2.50. The summed E-state index contributed by atoms with van der Waals surface area (Å²) < 4.78 is 5.76. The highest BCUT2D eigenvalue weighted by molar-refractivity contribution is 5.78. The van der Waals surface area contributed by atoms with E-state index in [4.69, 9.17) is 4.74 Å². The number of hydrogen-bond donors (Lipinski definition) is 0. The summed E-state index contributed by atoms with van der Waals surface area (Å²) in [6, 6.07) is 5.88. The number of pyridine rings is 1. The Morgan fingerprint density at radius 3 is 2.91 bits per heavy atom. The maximum absolute atomic E-state index is 12.4. The van der Waals surface area contributed by atoms with E-state index in [0.29, 0.717) is 19.0 Å². The van der Waals surface area contributed by atoms with Gasteiger partial charge in [-0.05, 0) is 30.5 Å². The first-order valence-electron chi connectivity index (χ1n) is 7.41. The molecule has 1 fully saturated rings. The molecular formula is C16H18N4O2. The summed E-state index contributed by atoms with van der Waals surface area (Å²) in [5, 5.41) is 0. The molecule has 0 aromatic carbocycles. The zero-order valence-corrected chi connectivity index (χ0v) is 12.3. The Bertz CT molecular complexity index is 606. The van der Waals surface area contributed by atoms with Crippen LogP contribution < -0.4 is 4.74 Å². The van der Waals surface area contributed by atoms with Crippen molar-refractivity contribution >= 4 is 5.91 Å². The first kappa shape index (κ1) is 14.4. The van der Waals surface area contributed by atoms with Crippen molar-refractivity contribution in [3.8, 4) is 6.01 Å². The van der Waals surface area contributed by atoms with Crippen molar-refractivity contribution in [2.75, 3.05) is 13.1 Å². The maximum atomic E-state index is 12.4. The Labute approximate surface area is 129 Å². The third kappa shape index (κ3) is 3.78. The standard InChI is InChI=1S/C16H18N4O2/c21-15(10-13-4-1-6-17-11-13)20-9-2-5-14(12-20)22-16-18-7-3-8-19-16/h1,3-4,6-8,11,14H,2,5,9-10,12H2. The summed E-state index contributed by atoms with van der Waals surface area (Å²) >= 11 is 0. The lowest BCUT2D eigenvalue weighted by Gasteiger charge is -2.32. The van der Waals surface area contributed by atoms with Crippen LogP contribution in [0.2, 0.25) is 0 Å². The van der Waals surface area contributed by atoms with Crippen LogP contribution in [0.4, 0.5) is 0 Å². The fourth-order valence-electron chi connectivity index (χ4n) is 2.55. The summed E-state index contributed by atoms with van der Waals surface area (Å²) in [6.45, 7) is 1.35. The van der Waals surface area contributed by atoms with Gasteiger partial charge in [-0.1, -0.05) is 6.07 Å². The quantitative estimate of drug-likeness (QED) is 0.855. The number of carbonyl (C=O) groups excluding carboxylic acids is 1. The smallest absolute Gasteiger partial charge is 0.316 e. The summed E-state index contributed by atoms with van der Waals surface area (Å²) in [5.74, 6) is 0.107. The van der Waals surface area contributed by atoms with Crippen LogP contribution in [0.25, 0.3) is 0 Å². The van der Waals surface area contributed by atoms with Gasteiger partial charge in [-0.15, -0.1) is 0 Å². The van der Waals surface area contributed by atoms with Crippen LogP contribution in [0.15, 0.2) is 43.0 Å². The molecule has 1 unspecified atom stereocenters. The minimum atomic E-state index is -0.0472. The van der Waals surface area contributed by atoms with Crippen molar-refractivity contribution in [2.24, 2.45) is 0 Å². The second-order valence-electron chi connectivity index (χ2n) is 5.29. The van der Waals surface area contributed by atoms with E-state index in [-0.39, 0.29) is 12.0 Å². The summed E-state index contributed by atoms with van der Waals surface area (Å²) in [4.78, 5) is 26.4. The lowest BCUT2D eigenvalue weighted by Crippen LogP contribution is -2.45. The molecule has 1 atom stereocenters. The number of likely N-dealkylation sites (tertiary alicyclic amines) is 1. The third-order valence-corrected chi connectivity index (χ3v) is 3.62. The van der Waals surface area contributed by atoms with Crippen LogP contribution >= 0.6 is 0 Å². The number of nitrogens with zero attached hydrogens (tertiary/aromatic N) is 4. The highest BCUT2D eigenvalue weighted by Crippen LogP contribution is 2.16. The van der Waals surface area contributed by atoms with Gasteiger partial charge < -0.3 is 9.64 Å². The minimum absolute atomic E-state index is 0.0472. The van der Waals surface area contributed by atoms with Gasteiger partial charge in [-0.3, -0.25) is 9.78 Å². The molecule has 1 aliphatic rings. The van der Waals surface area contributed by atoms with Gasteiger partial charge in [0.05, 0.1) is 13.0 Å². The predicted molar refractivity (Wildman–Crippen MR) is 80.2 cm³/mol. The molecule has 2 aromatic rings. The van der Waals surface area contributed by atoms with Gasteiger partial charge in [-0.25, -0.2) is 9.97 Å². The number of amides is 1. The zero-order valence-electron chi connectivity index (χ0n) is 12.3. The van der Waals surface area contributed by atoms with E-state index in [1.165, 1.54) is 0 Å². The molecule has 0 saturated carbocycles. The molecule has 0 N–H and O–H groups in total. The predicted octanol–water partition coefficient (Wildman–Crippen LogP) is 1.48. The number of aromatic nitrogens is 3. The topological polar surface area (TPSA) is 68.2 Å². The largest absolute Gasteiger partial charge is 0.458 e. The van der Waals surface area contributed by atoms with E-state index in [9.17, 15) is 4.79 Å². The van der Waals surface area contributed by atoms with Gasteiger partial charge in [0.2, 0.25) is 5.91 Å². The fraction of sp³-hybridized carbons (Fsp3) is 0.375. The molecule has 114 valence electrons. The molecule has 0 spiro atoms. The van der Waals surface area contributed by atoms with E-state index in [1.54, 1.807) is 30.9 Å². The second kappa shape index (κ2) is 6.98. The SMILES string of the molecule is O=C(Cc1cccnc1)N1CCCC(Oc2ncccn2)C1. The van der Waals surface area contributed by atoms with E-state index < -0.39 is 0 Å². The van der Waals surface area contributed by atoms with Gasteiger partial charge in [0.15, 0.2) is 0 Å². The Kier molecular flexibility index (Phi) is 4.58. The van der Waals surface area contributed by atoms with Gasteiger partial charge in [0, 0.05) is 31.3 Å². The van der Waals surface area contributed by atoms with Gasteiger partial charge in [0.25, 0.3) is 0 Å². The van der Waals surface area contributed by atoms with E-state index in [2.05, 4.69) is 15.0 Å². The number of rotatable bonds is 4. The molecule has 22 heavy (non-hydrogen) atoms. The summed E-state index contributed by atoms with van der Waals surface area (Å²) in [6.07, 6.45) is 8.90. The molecule has 1 amide bonds. The molecule has 6 heteroatoms. The first-order valence-corrected chi connectivity index (χ1v) is 7.41. The van der Waals surface area contributed by atoms with Crippen LogP contribution in [0, 0.1) is 0 Å². The molecule has 3 heterocycles. The Morgan fingerprint density at radius 2 is 2.14 bits per heavy atom. The van der Waals surface area contributed by atoms with Crippen molar-refractivity contribution in [1.29, 1.82) is 0 Å².